The number of ether oxygens (including phenoxy) is 1. The smallest absolute Gasteiger partial charge is 0.410 e. The van der Waals surface area contributed by atoms with Crippen LogP contribution < -0.4 is 10.6 Å². The maximum absolute atomic E-state index is 12.1. The lowest BCUT2D eigenvalue weighted by Crippen LogP contribution is -2.38. The van der Waals surface area contributed by atoms with Gasteiger partial charge >= 0.3 is 6.09 Å². The zero-order valence-corrected chi connectivity index (χ0v) is 18.5. The lowest BCUT2D eigenvalue weighted by atomic mass is 10.1. The summed E-state index contributed by atoms with van der Waals surface area (Å²) < 4.78 is 5.38. The minimum atomic E-state index is -0.486. The Hall–Kier alpha value is -2.28. The van der Waals surface area contributed by atoms with E-state index in [1.165, 1.54) is 0 Å². The van der Waals surface area contributed by atoms with E-state index in [0.717, 1.165) is 36.6 Å². The fourth-order valence-corrected chi connectivity index (χ4v) is 2.45. The third kappa shape index (κ3) is 10.2. The molecular weight excluding hydrogens is 354 g/mol. The minimum absolute atomic E-state index is 0.317. The molecule has 0 fully saturated rings. The van der Waals surface area contributed by atoms with E-state index < -0.39 is 5.60 Å². The summed E-state index contributed by atoms with van der Waals surface area (Å²) in [6.07, 6.45) is 0.746. The van der Waals surface area contributed by atoms with Crippen molar-refractivity contribution in [3.8, 4) is 0 Å². The summed E-state index contributed by atoms with van der Waals surface area (Å²) in [5.74, 6) is 0.799. The first-order valence-electron chi connectivity index (χ1n) is 9.72. The number of aliphatic imine (C=N–C) groups is 1. The van der Waals surface area contributed by atoms with Crippen molar-refractivity contribution in [3.63, 3.8) is 0 Å². The molecule has 0 radical (unpaired) electrons. The molecule has 0 bridgehead atoms. The van der Waals surface area contributed by atoms with Crippen LogP contribution in [0.4, 0.5) is 4.79 Å². The van der Waals surface area contributed by atoms with E-state index in [4.69, 9.17) is 4.74 Å². The molecule has 0 aliphatic carbocycles. The summed E-state index contributed by atoms with van der Waals surface area (Å²) in [7, 11) is 7.66. The molecule has 1 aromatic carbocycles. The van der Waals surface area contributed by atoms with E-state index in [1.54, 1.807) is 19.0 Å². The Morgan fingerprint density at radius 3 is 2.21 bits per heavy atom. The van der Waals surface area contributed by atoms with Gasteiger partial charge in [0.1, 0.15) is 5.60 Å². The van der Waals surface area contributed by atoms with E-state index in [9.17, 15) is 4.79 Å². The molecule has 0 aliphatic heterocycles. The zero-order valence-electron chi connectivity index (χ0n) is 18.5. The van der Waals surface area contributed by atoms with Gasteiger partial charge in [-0.2, -0.15) is 0 Å². The number of benzene rings is 1. The van der Waals surface area contributed by atoms with Crippen molar-refractivity contribution in [2.75, 3.05) is 41.3 Å². The van der Waals surface area contributed by atoms with Gasteiger partial charge in [0.25, 0.3) is 0 Å². The van der Waals surface area contributed by atoms with Crippen molar-refractivity contribution in [1.82, 2.24) is 20.4 Å². The molecule has 1 amide bonds. The number of nitrogens with one attached hydrogen (secondary N) is 2. The maximum atomic E-state index is 12.1. The van der Waals surface area contributed by atoms with Crippen molar-refractivity contribution in [1.29, 1.82) is 0 Å². The van der Waals surface area contributed by atoms with Crippen molar-refractivity contribution in [3.05, 3.63) is 35.4 Å². The van der Waals surface area contributed by atoms with E-state index >= 15 is 0 Å². The van der Waals surface area contributed by atoms with Crippen molar-refractivity contribution in [2.24, 2.45) is 4.99 Å². The van der Waals surface area contributed by atoms with Gasteiger partial charge in [0.15, 0.2) is 5.96 Å². The number of hydrogen-bond acceptors (Lipinski definition) is 4. The number of guanidine groups is 1. The molecule has 0 unspecified atom stereocenters. The van der Waals surface area contributed by atoms with Crippen LogP contribution in [0.5, 0.6) is 0 Å². The second kappa shape index (κ2) is 11.5. The summed E-state index contributed by atoms with van der Waals surface area (Å²) in [4.78, 5) is 20.1. The predicted octanol–water partition coefficient (Wildman–Crippen LogP) is 2.67. The second-order valence-electron chi connectivity index (χ2n) is 8.16. The van der Waals surface area contributed by atoms with Crippen LogP contribution in [0.15, 0.2) is 29.3 Å². The summed E-state index contributed by atoms with van der Waals surface area (Å²) in [6.45, 7) is 8.73. The normalized spacial score (nSPS) is 12.1. The Balaban J connectivity index is 2.44. The van der Waals surface area contributed by atoms with Gasteiger partial charge in [-0.1, -0.05) is 24.3 Å². The minimum Gasteiger partial charge on any atom is -0.444 e. The van der Waals surface area contributed by atoms with Gasteiger partial charge in [0, 0.05) is 33.7 Å². The molecule has 0 spiro atoms. The van der Waals surface area contributed by atoms with Gasteiger partial charge in [-0.3, -0.25) is 4.99 Å². The molecule has 158 valence electrons. The molecule has 7 heteroatoms. The Kier molecular flexibility index (Phi) is 9.79. The molecular formula is C21H37N5O2. The Bertz CT molecular complexity index is 621. The first kappa shape index (κ1) is 23.8. The lowest BCUT2D eigenvalue weighted by molar-refractivity contribution is 0.0285. The van der Waals surface area contributed by atoms with E-state index in [-0.39, 0.29) is 6.09 Å². The molecule has 0 aromatic heterocycles. The van der Waals surface area contributed by atoms with Gasteiger partial charge in [0.2, 0.25) is 0 Å². The number of nitrogens with zero attached hydrogens (tertiary/aromatic N) is 3. The van der Waals surface area contributed by atoms with Crippen molar-refractivity contribution < 1.29 is 9.53 Å². The van der Waals surface area contributed by atoms with Gasteiger partial charge < -0.3 is 25.2 Å². The summed E-state index contributed by atoms with van der Waals surface area (Å²) >= 11 is 0. The van der Waals surface area contributed by atoms with Crippen LogP contribution in [0, 0.1) is 0 Å². The maximum Gasteiger partial charge on any atom is 0.410 e. The standard InChI is InChI=1S/C21H37N5O2/c1-21(2,3)28-20(27)26(7)16-18-11-9-17(10-12-18)15-24-19(22-4)23-13-8-14-25(5)6/h9-12H,8,13-16H2,1-7H3,(H2,22,23,24). The van der Waals surface area contributed by atoms with E-state index in [2.05, 4.69) is 46.8 Å². The Morgan fingerprint density at radius 2 is 1.68 bits per heavy atom. The number of carbonyl (C=O) groups excluding carboxylic acids is 1. The van der Waals surface area contributed by atoms with Crippen molar-refractivity contribution >= 4 is 12.1 Å². The molecule has 0 heterocycles. The van der Waals surface area contributed by atoms with Crippen molar-refractivity contribution in [2.45, 2.75) is 45.9 Å². The largest absolute Gasteiger partial charge is 0.444 e. The molecule has 1 aromatic rings. The van der Waals surface area contributed by atoms with Crippen LogP contribution in [0.25, 0.3) is 0 Å². The van der Waals surface area contributed by atoms with Crippen LogP contribution in [-0.4, -0.2) is 68.7 Å². The molecule has 0 aliphatic rings. The van der Waals surface area contributed by atoms with Gasteiger partial charge in [-0.15, -0.1) is 0 Å². The predicted molar refractivity (Wildman–Crippen MR) is 116 cm³/mol. The molecule has 0 saturated carbocycles. The summed E-state index contributed by atoms with van der Waals surface area (Å²) in [5.41, 5.74) is 1.73. The molecule has 28 heavy (non-hydrogen) atoms. The summed E-state index contributed by atoms with van der Waals surface area (Å²) in [6, 6.07) is 8.19. The average molecular weight is 392 g/mol. The van der Waals surface area contributed by atoms with Gasteiger partial charge in [-0.25, -0.2) is 4.79 Å². The number of hydrogen-bond donors (Lipinski definition) is 2. The van der Waals surface area contributed by atoms with E-state index in [1.807, 2.05) is 32.9 Å². The number of carbonyl (C=O) groups is 1. The van der Waals surface area contributed by atoms with E-state index in [0.29, 0.717) is 13.1 Å². The lowest BCUT2D eigenvalue weighted by Gasteiger charge is -2.24. The van der Waals surface area contributed by atoms with Crippen LogP contribution in [0.3, 0.4) is 0 Å². The zero-order chi connectivity index (χ0) is 21.2. The van der Waals surface area contributed by atoms with Gasteiger partial charge in [0.05, 0.1) is 0 Å². The fourth-order valence-electron chi connectivity index (χ4n) is 2.45. The fraction of sp³-hybridized carbons (Fsp3) is 0.619. The second-order valence-corrected chi connectivity index (χ2v) is 8.16. The van der Waals surface area contributed by atoms with Crippen LogP contribution in [-0.2, 0) is 17.8 Å². The highest BCUT2D eigenvalue weighted by Gasteiger charge is 2.19. The highest BCUT2D eigenvalue weighted by atomic mass is 16.6. The molecule has 1 rings (SSSR count). The van der Waals surface area contributed by atoms with Crippen LogP contribution in [0.2, 0.25) is 0 Å². The molecule has 0 atom stereocenters. The van der Waals surface area contributed by atoms with Crippen LogP contribution in [0.1, 0.15) is 38.3 Å². The molecule has 7 nitrogen and oxygen atoms in total. The highest BCUT2D eigenvalue weighted by Crippen LogP contribution is 2.12. The monoisotopic (exact) mass is 391 g/mol. The summed E-state index contributed by atoms with van der Waals surface area (Å²) in [5, 5.41) is 6.64. The third-order valence-corrected chi connectivity index (χ3v) is 3.91. The number of rotatable bonds is 8. The molecule has 0 saturated heterocycles. The highest BCUT2D eigenvalue weighted by molar-refractivity contribution is 5.79. The third-order valence-electron chi connectivity index (χ3n) is 3.91. The molecule has 2 N–H and O–H groups in total. The van der Waals surface area contributed by atoms with Gasteiger partial charge in [-0.05, 0) is 59.0 Å². The Labute approximate surface area is 170 Å². The number of amides is 1. The first-order valence-corrected chi connectivity index (χ1v) is 9.72. The Morgan fingerprint density at radius 1 is 1.07 bits per heavy atom. The topological polar surface area (TPSA) is 69.2 Å². The van der Waals surface area contributed by atoms with Crippen LogP contribution >= 0.6 is 0 Å². The quantitative estimate of drug-likeness (QED) is 0.405. The SMILES string of the molecule is CN=C(NCCCN(C)C)NCc1ccc(CN(C)C(=O)OC(C)(C)C)cc1. The first-order chi connectivity index (χ1) is 13.1. The average Bonchev–Trinajstić information content (AvgIpc) is 2.60.